The Labute approximate surface area is 180 Å². The molecule has 1 spiro atoms. The molecule has 3 fully saturated rings. The molecule has 3 aliphatic heterocycles. The molecule has 3 aliphatic rings. The van der Waals surface area contributed by atoms with Gasteiger partial charge in [-0.05, 0) is 36.6 Å². The van der Waals surface area contributed by atoms with E-state index in [4.69, 9.17) is 9.47 Å². The molecule has 31 heavy (non-hydrogen) atoms. The number of hydrogen-bond donors (Lipinski definition) is 0. The Morgan fingerprint density at radius 2 is 1.87 bits per heavy atom. The number of methoxy groups -OCH3 is 1. The number of benzene rings is 2. The fraction of sp³-hybridized carbons (Fsp3) is 0.417. The van der Waals surface area contributed by atoms with Crippen LogP contribution in [0, 0.1) is 5.82 Å². The number of rotatable bonds is 3. The molecule has 0 saturated carbocycles. The second kappa shape index (κ2) is 7.64. The molecular formula is C24H25FN2O4. The SMILES string of the molecule is COc1cc(C(=O)N2CCC3(CC2)OC2CCC(c4ccccc4)N2C3=O)ccc1F. The van der Waals surface area contributed by atoms with E-state index in [1.54, 1.807) is 4.90 Å². The lowest BCUT2D eigenvalue weighted by Crippen LogP contribution is -2.51. The van der Waals surface area contributed by atoms with Crippen molar-refractivity contribution in [2.24, 2.45) is 0 Å². The highest BCUT2D eigenvalue weighted by atomic mass is 19.1. The fourth-order valence-electron chi connectivity index (χ4n) is 5.09. The molecule has 3 heterocycles. The summed E-state index contributed by atoms with van der Waals surface area (Å²) in [5.41, 5.74) is 0.657. The van der Waals surface area contributed by atoms with Crippen LogP contribution in [0.3, 0.4) is 0 Å². The van der Waals surface area contributed by atoms with E-state index >= 15 is 0 Å². The van der Waals surface area contributed by atoms with E-state index in [0.29, 0.717) is 31.5 Å². The van der Waals surface area contributed by atoms with Gasteiger partial charge in [0.25, 0.3) is 11.8 Å². The van der Waals surface area contributed by atoms with Crippen LogP contribution in [0.15, 0.2) is 48.5 Å². The van der Waals surface area contributed by atoms with Crippen molar-refractivity contribution in [2.75, 3.05) is 20.2 Å². The third-order valence-corrected chi connectivity index (χ3v) is 6.76. The Kier molecular flexibility index (Phi) is 4.93. The topological polar surface area (TPSA) is 59.1 Å². The van der Waals surface area contributed by atoms with Crippen molar-refractivity contribution in [3.63, 3.8) is 0 Å². The van der Waals surface area contributed by atoms with Crippen LogP contribution in [0.2, 0.25) is 0 Å². The second-order valence-corrected chi connectivity index (χ2v) is 8.42. The Bertz CT molecular complexity index is 1000. The first-order valence-electron chi connectivity index (χ1n) is 10.7. The lowest BCUT2D eigenvalue weighted by atomic mass is 9.89. The minimum atomic E-state index is -0.852. The molecule has 2 unspecified atom stereocenters. The first kappa shape index (κ1) is 20.0. The predicted molar refractivity (Wildman–Crippen MR) is 111 cm³/mol. The van der Waals surface area contributed by atoms with Crippen LogP contribution in [-0.2, 0) is 9.53 Å². The zero-order chi connectivity index (χ0) is 21.6. The van der Waals surface area contributed by atoms with Crippen LogP contribution in [-0.4, -0.2) is 53.6 Å². The summed E-state index contributed by atoms with van der Waals surface area (Å²) >= 11 is 0. The first-order valence-corrected chi connectivity index (χ1v) is 10.7. The van der Waals surface area contributed by atoms with Crippen LogP contribution in [0.25, 0.3) is 0 Å². The molecule has 2 amide bonds. The monoisotopic (exact) mass is 424 g/mol. The molecule has 3 saturated heterocycles. The minimum Gasteiger partial charge on any atom is -0.494 e. The van der Waals surface area contributed by atoms with Gasteiger partial charge in [0.15, 0.2) is 17.2 Å². The van der Waals surface area contributed by atoms with E-state index < -0.39 is 11.4 Å². The maximum Gasteiger partial charge on any atom is 0.257 e. The summed E-state index contributed by atoms with van der Waals surface area (Å²) in [6.45, 7) is 0.835. The van der Waals surface area contributed by atoms with E-state index in [1.165, 1.54) is 25.3 Å². The highest BCUT2D eigenvalue weighted by molar-refractivity contribution is 5.95. The van der Waals surface area contributed by atoms with Crippen molar-refractivity contribution in [3.05, 3.63) is 65.5 Å². The van der Waals surface area contributed by atoms with Gasteiger partial charge in [-0.3, -0.25) is 9.59 Å². The normalized spacial score (nSPS) is 24.5. The van der Waals surface area contributed by atoms with Crippen LogP contribution < -0.4 is 4.74 Å². The Balaban J connectivity index is 1.29. The zero-order valence-corrected chi connectivity index (χ0v) is 17.4. The molecule has 2 aromatic rings. The van der Waals surface area contributed by atoms with Gasteiger partial charge in [0.2, 0.25) is 0 Å². The van der Waals surface area contributed by atoms with Crippen LogP contribution in [0.1, 0.15) is 47.6 Å². The van der Waals surface area contributed by atoms with Gasteiger partial charge in [-0.1, -0.05) is 30.3 Å². The van der Waals surface area contributed by atoms with Crippen molar-refractivity contribution in [3.8, 4) is 5.75 Å². The molecule has 0 aliphatic carbocycles. The lowest BCUT2D eigenvalue weighted by molar-refractivity contribution is -0.142. The zero-order valence-electron chi connectivity index (χ0n) is 17.4. The average Bonchev–Trinajstić information content (AvgIpc) is 3.33. The third kappa shape index (κ3) is 3.28. The Morgan fingerprint density at radius 3 is 2.58 bits per heavy atom. The van der Waals surface area contributed by atoms with Crippen LogP contribution in [0.4, 0.5) is 4.39 Å². The van der Waals surface area contributed by atoms with Crippen molar-refractivity contribution in [1.29, 1.82) is 0 Å². The number of nitrogens with zero attached hydrogens (tertiary/aromatic N) is 2. The van der Waals surface area contributed by atoms with Gasteiger partial charge >= 0.3 is 0 Å². The molecule has 0 aromatic heterocycles. The van der Waals surface area contributed by atoms with Gasteiger partial charge in [0.05, 0.1) is 13.2 Å². The fourth-order valence-corrected chi connectivity index (χ4v) is 5.09. The highest BCUT2D eigenvalue weighted by Gasteiger charge is 2.58. The van der Waals surface area contributed by atoms with Crippen molar-refractivity contribution >= 4 is 11.8 Å². The Hall–Kier alpha value is -2.93. The summed E-state index contributed by atoms with van der Waals surface area (Å²) in [6.07, 6.45) is 2.45. The molecule has 7 heteroatoms. The van der Waals surface area contributed by atoms with Crippen molar-refractivity contribution in [2.45, 2.75) is 43.6 Å². The smallest absolute Gasteiger partial charge is 0.257 e. The van der Waals surface area contributed by atoms with Gasteiger partial charge in [-0.25, -0.2) is 4.39 Å². The van der Waals surface area contributed by atoms with Crippen molar-refractivity contribution < 1.29 is 23.5 Å². The predicted octanol–water partition coefficient (Wildman–Crippen LogP) is 3.53. The number of carbonyl (C=O) groups excluding carboxylic acids is 2. The number of fused-ring (bicyclic) bond motifs is 1. The molecule has 162 valence electrons. The molecule has 2 aromatic carbocycles. The van der Waals surface area contributed by atoms with Gasteiger partial charge in [0, 0.05) is 31.5 Å². The van der Waals surface area contributed by atoms with Gasteiger partial charge < -0.3 is 19.3 Å². The second-order valence-electron chi connectivity index (χ2n) is 8.42. The maximum absolute atomic E-state index is 13.7. The number of ether oxygens (including phenoxy) is 2. The summed E-state index contributed by atoms with van der Waals surface area (Å²) in [4.78, 5) is 30.0. The molecule has 5 rings (SSSR count). The van der Waals surface area contributed by atoms with E-state index in [1.807, 2.05) is 23.1 Å². The molecule has 0 N–H and O–H groups in total. The summed E-state index contributed by atoms with van der Waals surface area (Å²) in [5, 5.41) is 0. The average molecular weight is 424 g/mol. The van der Waals surface area contributed by atoms with Gasteiger partial charge in [-0.2, -0.15) is 0 Å². The molecule has 2 atom stereocenters. The van der Waals surface area contributed by atoms with E-state index in [9.17, 15) is 14.0 Å². The number of amides is 2. The van der Waals surface area contributed by atoms with Gasteiger partial charge in [0.1, 0.15) is 6.23 Å². The Morgan fingerprint density at radius 1 is 1.13 bits per heavy atom. The first-order chi connectivity index (χ1) is 15.0. The number of halogens is 1. The van der Waals surface area contributed by atoms with Crippen molar-refractivity contribution in [1.82, 2.24) is 9.80 Å². The maximum atomic E-state index is 13.7. The summed E-state index contributed by atoms with van der Waals surface area (Å²) in [6, 6.07) is 14.2. The quantitative estimate of drug-likeness (QED) is 0.757. The largest absolute Gasteiger partial charge is 0.494 e. The molecule has 0 bridgehead atoms. The van der Waals surface area contributed by atoms with Crippen LogP contribution in [0.5, 0.6) is 5.75 Å². The molecular weight excluding hydrogens is 399 g/mol. The number of piperidine rings is 1. The minimum absolute atomic E-state index is 0.0411. The van der Waals surface area contributed by atoms with Crippen LogP contribution >= 0.6 is 0 Å². The summed E-state index contributed by atoms with van der Waals surface area (Å²) in [7, 11) is 1.37. The summed E-state index contributed by atoms with van der Waals surface area (Å²) < 4.78 is 25.0. The standard InChI is InChI=1S/C24H25FN2O4/c1-30-20-15-17(7-8-18(20)25)22(28)26-13-11-24(12-14-26)23(29)27-19(9-10-21(27)31-24)16-5-3-2-4-6-16/h2-8,15,19,21H,9-14H2,1H3. The molecule has 6 nitrogen and oxygen atoms in total. The van der Waals surface area contributed by atoms with E-state index in [2.05, 4.69) is 12.1 Å². The summed E-state index contributed by atoms with van der Waals surface area (Å²) in [5.74, 6) is -0.614. The highest BCUT2D eigenvalue weighted by Crippen LogP contribution is 2.47. The number of likely N-dealkylation sites (tertiary alicyclic amines) is 1. The number of hydrogen-bond acceptors (Lipinski definition) is 4. The molecule has 0 radical (unpaired) electrons. The lowest BCUT2D eigenvalue weighted by Gasteiger charge is -2.37. The van der Waals surface area contributed by atoms with Gasteiger partial charge in [-0.15, -0.1) is 0 Å². The van der Waals surface area contributed by atoms with E-state index in [-0.39, 0.29) is 29.8 Å². The third-order valence-electron chi connectivity index (χ3n) is 6.76. The number of carbonyl (C=O) groups is 2. The van der Waals surface area contributed by atoms with E-state index in [0.717, 1.165) is 18.4 Å².